The quantitative estimate of drug-likeness (QED) is 0.629. The SMILES string of the molecule is ClCc1ccc(Oc2ccc3c(c2)CCCC3)c(Br)c1. The first kappa shape index (κ1) is 14.0. The molecule has 0 atom stereocenters. The molecule has 0 bridgehead atoms. The highest BCUT2D eigenvalue weighted by molar-refractivity contribution is 9.10. The van der Waals surface area contributed by atoms with E-state index in [1.165, 1.54) is 36.8 Å². The zero-order valence-corrected chi connectivity index (χ0v) is 13.5. The molecule has 0 amide bonds. The van der Waals surface area contributed by atoms with Crippen molar-refractivity contribution in [2.45, 2.75) is 31.6 Å². The van der Waals surface area contributed by atoms with Gasteiger partial charge in [0.1, 0.15) is 11.5 Å². The largest absolute Gasteiger partial charge is 0.456 e. The molecule has 0 saturated carbocycles. The lowest BCUT2D eigenvalue weighted by Gasteiger charge is -2.17. The van der Waals surface area contributed by atoms with E-state index < -0.39 is 0 Å². The van der Waals surface area contributed by atoms with Crippen LogP contribution in [-0.4, -0.2) is 0 Å². The summed E-state index contributed by atoms with van der Waals surface area (Å²) in [5, 5.41) is 0. The number of alkyl halides is 1. The summed E-state index contributed by atoms with van der Waals surface area (Å²) in [6.07, 6.45) is 4.95. The summed E-state index contributed by atoms with van der Waals surface area (Å²) in [6.45, 7) is 0. The molecule has 3 heteroatoms. The lowest BCUT2D eigenvalue weighted by atomic mass is 9.92. The molecule has 0 fully saturated rings. The summed E-state index contributed by atoms with van der Waals surface area (Å²) < 4.78 is 6.92. The van der Waals surface area contributed by atoms with Crippen LogP contribution in [0.1, 0.15) is 29.5 Å². The van der Waals surface area contributed by atoms with E-state index in [0.29, 0.717) is 5.88 Å². The monoisotopic (exact) mass is 350 g/mol. The highest BCUT2D eigenvalue weighted by atomic mass is 79.9. The van der Waals surface area contributed by atoms with Gasteiger partial charge in [0.25, 0.3) is 0 Å². The van der Waals surface area contributed by atoms with Crippen LogP contribution in [0, 0.1) is 0 Å². The Balaban J connectivity index is 1.84. The molecule has 20 heavy (non-hydrogen) atoms. The van der Waals surface area contributed by atoms with Crippen LogP contribution in [0.3, 0.4) is 0 Å². The van der Waals surface area contributed by atoms with E-state index >= 15 is 0 Å². The van der Waals surface area contributed by atoms with Crippen LogP contribution in [-0.2, 0) is 18.7 Å². The van der Waals surface area contributed by atoms with Gasteiger partial charge in [-0.25, -0.2) is 0 Å². The number of halogens is 2. The number of rotatable bonds is 3. The minimum atomic E-state index is 0.512. The van der Waals surface area contributed by atoms with Gasteiger partial charge < -0.3 is 4.74 Å². The van der Waals surface area contributed by atoms with Crippen LogP contribution in [0.2, 0.25) is 0 Å². The molecule has 0 saturated heterocycles. The maximum absolute atomic E-state index is 5.98. The molecule has 3 rings (SSSR count). The molecule has 0 heterocycles. The van der Waals surface area contributed by atoms with E-state index in [0.717, 1.165) is 21.5 Å². The van der Waals surface area contributed by atoms with Crippen LogP contribution in [0.15, 0.2) is 40.9 Å². The van der Waals surface area contributed by atoms with Gasteiger partial charge >= 0.3 is 0 Å². The van der Waals surface area contributed by atoms with Crippen molar-refractivity contribution in [3.63, 3.8) is 0 Å². The average Bonchev–Trinajstić information content (AvgIpc) is 2.49. The van der Waals surface area contributed by atoms with Gasteiger partial charge in [-0.1, -0.05) is 12.1 Å². The van der Waals surface area contributed by atoms with Crippen molar-refractivity contribution in [1.82, 2.24) is 0 Å². The Bertz CT molecular complexity index is 624. The summed E-state index contributed by atoms with van der Waals surface area (Å²) in [7, 11) is 0. The zero-order chi connectivity index (χ0) is 13.9. The normalized spacial score (nSPS) is 13.9. The number of benzene rings is 2. The lowest BCUT2D eigenvalue weighted by molar-refractivity contribution is 0.477. The Kier molecular flexibility index (Phi) is 4.32. The first-order valence-corrected chi connectivity index (χ1v) is 8.23. The van der Waals surface area contributed by atoms with Crippen molar-refractivity contribution >= 4 is 27.5 Å². The fraction of sp³-hybridized carbons (Fsp3) is 0.294. The summed E-state index contributed by atoms with van der Waals surface area (Å²) in [5.41, 5.74) is 3.98. The fourth-order valence-electron chi connectivity index (χ4n) is 2.61. The maximum Gasteiger partial charge on any atom is 0.141 e. The van der Waals surface area contributed by atoms with Gasteiger partial charge in [0.15, 0.2) is 0 Å². The molecule has 0 N–H and O–H groups in total. The predicted molar refractivity (Wildman–Crippen MR) is 86.9 cm³/mol. The molecule has 1 aliphatic rings. The van der Waals surface area contributed by atoms with Gasteiger partial charge in [-0.15, -0.1) is 11.6 Å². The number of hydrogen-bond donors (Lipinski definition) is 0. The Labute approximate surface area is 133 Å². The molecule has 0 aromatic heterocycles. The summed E-state index contributed by atoms with van der Waals surface area (Å²) in [5.74, 6) is 2.25. The predicted octanol–water partition coefficient (Wildman–Crippen LogP) is 5.86. The van der Waals surface area contributed by atoms with E-state index in [1.807, 2.05) is 18.2 Å². The Morgan fingerprint density at radius 3 is 2.55 bits per heavy atom. The fourth-order valence-corrected chi connectivity index (χ4v) is 3.28. The van der Waals surface area contributed by atoms with Gasteiger partial charge in [0.2, 0.25) is 0 Å². The second-order valence-electron chi connectivity index (χ2n) is 5.14. The molecule has 0 radical (unpaired) electrons. The standard InChI is InChI=1S/C17H16BrClO/c18-16-9-12(11-19)5-8-17(16)20-15-7-6-13-3-1-2-4-14(13)10-15/h5-10H,1-4,11H2. The van der Waals surface area contributed by atoms with Crippen molar-refractivity contribution in [2.75, 3.05) is 0 Å². The van der Waals surface area contributed by atoms with Crippen LogP contribution in [0.5, 0.6) is 11.5 Å². The molecule has 0 aliphatic heterocycles. The van der Waals surface area contributed by atoms with E-state index in [9.17, 15) is 0 Å². The van der Waals surface area contributed by atoms with Gasteiger partial charge in [0.05, 0.1) is 4.47 Å². The van der Waals surface area contributed by atoms with E-state index in [-0.39, 0.29) is 0 Å². The average molecular weight is 352 g/mol. The summed E-state index contributed by atoms with van der Waals surface area (Å²) in [4.78, 5) is 0. The third-order valence-electron chi connectivity index (χ3n) is 3.70. The van der Waals surface area contributed by atoms with E-state index in [1.54, 1.807) is 0 Å². The molecule has 1 aliphatic carbocycles. The molecule has 0 unspecified atom stereocenters. The third kappa shape index (κ3) is 3.02. The molecule has 104 valence electrons. The minimum Gasteiger partial charge on any atom is -0.456 e. The number of fused-ring (bicyclic) bond motifs is 1. The Morgan fingerprint density at radius 1 is 1.00 bits per heavy atom. The molecule has 1 nitrogen and oxygen atoms in total. The van der Waals surface area contributed by atoms with Gasteiger partial charge in [-0.3, -0.25) is 0 Å². The molecular weight excluding hydrogens is 336 g/mol. The van der Waals surface area contributed by atoms with Crippen LogP contribution in [0.4, 0.5) is 0 Å². The van der Waals surface area contributed by atoms with Crippen LogP contribution < -0.4 is 4.74 Å². The second kappa shape index (κ2) is 6.19. The first-order valence-electron chi connectivity index (χ1n) is 6.90. The van der Waals surface area contributed by atoms with Gasteiger partial charge in [-0.2, -0.15) is 0 Å². The van der Waals surface area contributed by atoms with Crippen molar-refractivity contribution in [3.05, 3.63) is 57.6 Å². The summed E-state index contributed by atoms with van der Waals surface area (Å²) in [6, 6.07) is 12.4. The topological polar surface area (TPSA) is 9.23 Å². The zero-order valence-electron chi connectivity index (χ0n) is 11.2. The molecule has 2 aromatic carbocycles. The Hall–Kier alpha value is -0.990. The van der Waals surface area contributed by atoms with Gasteiger partial charge in [0, 0.05) is 5.88 Å². The van der Waals surface area contributed by atoms with Crippen LogP contribution >= 0.6 is 27.5 Å². The molecular formula is C17H16BrClO. The smallest absolute Gasteiger partial charge is 0.141 e. The van der Waals surface area contributed by atoms with Crippen molar-refractivity contribution in [3.8, 4) is 11.5 Å². The number of aryl methyl sites for hydroxylation is 2. The Morgan fingerprint density at radius 2 is 1.80 bits per heavy atom. The maximum atomic E-state index is 5.98. The minimum absolute atomic E-state index is 0.512. The van der Waals surface area contributed by atoms with Crippen molar-refractivity contribution in [1.29, 1.82) is 0 Å². The highest BCUT2D eigenvalue weighted by Crippen LogP contribution is 2.33. The second-order valence-corrected chi connectivity index (χ2v) is 6.26. The molecule has 0 spiro atoms. The molecule has 2 aromatic rings. The van der Waals surface area contributed by atoms with Crippen molar-refractivity contribution in [2.24, 2.45) is 0 Å². The number of ether oxygens (including phenoxy) is 1. The van der Waals surface area contributed by atoms with Crippen LogP contribution in [0.25, 0.3) is 0 Å². The van der Waals surface area contributed by atoms with Crippen molar-refractivity contribution < 1.29 is 4.74 Å². The van der Waals surface area contributed by atoms with E-state index in [2.05, 4.69) is 34.1 Å². The highest BCUT2D eigenvalue weighted by Gasteiger charge is 2.11. The van der Waals surface area contributed by atoms with E-state index in [4.69, 9.17) is 16.3 Å². The van der Waals surface area contributed by atoms with Gasteiger partial charge in [-0.05, 0) is 82.6 Å². The summed E-state index contributed by atoms with van der Waals surface area (Å²) >= 11 is 9.37. The lowest BCUT2D eigenvalue weighted by Crippen LogP contribution is -2.02. The first-order chi connectivity index (χ1) is 9.76. The third-order valence-corrected chi connectivity index (χ3v) is 4.63. The number of hydrogen-bond acceptors (Lipinski definition) is 1.